The number of methoxy groups -OCH3 is 2. The standard InChI is InChI=1S/C24H26N4O4S/c1-31-18-11-17(12-19(13-18)32-2)26-22(29)15-33-23-20-8-3-4-9-21(20)28(24(30)27-23)14-16-7-5-6-10-25-16/h5-7,10-13H,3-4,8-9,14-15H2,1-2H3,(H,26,29). The van der Waals surface area contributed by atoms with Gasteiger partial charge in [0.15, 0.2) is 0 Å². The minimum Gasteiger partial charge on any atom is -0.497 e. The minimum absolute atomic E-state index is 0.142. The number of carbonyl (C=O) groups excluding carboxylic acids is 1. The highest BCUT2D eigenvalue weighted by atomic mass is 32.2. The molecule has 2 aromatic heterocycles. The molecular weight excluding hydrogens is 440 g/mol. The lowest BCUT2D eigenvalue weighted by atomic mass is 9.97. The van der Waals surface area contributed by atoms with Gasteiger partial charge in [-0.2, -0.15) is 4.98 Å². The van der Waals surface area contributed by atoms with Crippen molar-refractivity contribution < 1.29 is 14.3 Å². The first-order valence-corrected chi connectivity index (χ1v) is 11.7. The van der Waals surface area contributed by atoms with Gasteiger partial charge < -0.3 is 14.8 Å². The normalized spacial score (nSPS) is 12.7. The maximum atomic E-state index is 12.9. The predicted octanol–water partition coefficient (Wildman–Crippen LogP) is 3.31. The number of nitrogens with one attached hydrogen (secondary N) is 1. The largest absolute Gasteiger partial charge is 0.497 e. The Hall–Kier alpha value is -3.33. The van der Waals surface area contributed by atoms with Gasteiger partial charge in [0.25, 0.3) is 0 Å². The lowest BCUT2D eigenvalue weighted by Gasteiger charge is -2.22. The number of benzene rings is 1. The lowest BCUT2D eigenvalue weighted by Crippen LogP contribution is -2.31. The summed E-state index contributed by atoms with van der Waals surface area (Å²) in [6.45, 7) is 0.401. The summed E-state index contributed by atoms with van der Waals surface area (Å²) < 4.78 is 12.2. The van der Waals surface area contributed by atoms with Crippen molar-refractivity contribution in [1.29, 1.82) is 0 Å². The second kappa shape index (κ2) is 10.5. The molecule has 1 amide bonds. The fourth-order valence-corrected chi connectivity index (χ4v) is 4.77. The summed E-state index contributed by atoms with van der Waals surface area (Å²) in [7, 11) is 3.11. The molecule has 9 heteroatoms. The van der Waals surface area contributed by atoms with Crippen LogP contribution in [0.15, 0.2) is 52.4 Å². The van der Waals surface area contributed by atoms with Crippen LogP contribution in [0.1, 0.15) is 29.8 Å². The summed E-state index contributed by atoms with van der Waals surface area (Å²) in [5.41, 5.74) is 3.17. The molecule has 3 aromatic rings. The molecule has 1 aliphatic rings. The third-order valence-electron chi connectivity index (χ3n) is 5.47. The van der Waals surface area contributed by atoms with Gasteiger partial charge in [-0.05, 0) is 37.8 Å². The number of amides is 1. The van der Waals surface area contributed by atoms with E-state index >= 15 is 0 Å². The summed E-state index contributed by atoms with van der Waals surface area (Å²) in [6.07, 6.45) is 5.47. The fourth-order valence-electron chi connectivity index (χ4n) is 3.89. The van der Waals surface area contributed by atoms with E-state index < -0.39 is 0 Å². The number of nitrogens with zero attached hydrogens (tertiary/aromatic N) is 3. The molecule has 172 valence electrons. The molecule has 0 bridgehead atoms. The van der Waals surface area contributed by atoms with Gasteiger partial charge in [-0.25, -0.2) is 4.79 Å². The van der Waals surface area contributed by atoms with Gasteiger partial charge in [0.1, 0.15) is 16.5 Å². The number of pyridine rings is 1. The quantitative estimate of drug-likeness (QED) is 0.402. The average Bonchev–Trinajstić information content (AvgIpc) is 2.85. The van der Waals surface area contributed by atoms with E-state index in [2.05, 4.69) is 15.3 Å². The fraction of sp³-hybridized carbons (Fsp3) is 0.333. The SMILES string of the molecule is COc1cc(NC(=O)CSc2nc(=O)n(Cc3ccccn3)c3c2CCCC3)cc(OC)c1. The van der Waals surface area contributed by atoms with Crippen molar-refractivity contribution in [2.75, 3.05) is 25.3 Å². The van der Waals surface area contributed by atoms with E-state index in [1.165, 1.54) is 11.8 Å². The molecular formula is C24H26N4O4S. The van der Waals surface area contributed by atoms with Gasteiger partial charge in [-0.3, -0.25) is 14.3 Å². The number of fused-ring (bicyclic) bond motifs is 1. The molecule has 0 fully saturated rings. The Morgan fingerprint density at radius 2 is 1.88 bits per heavy atom. The topological polar surface area (TPSA) is 95.3 Å². The maximum absolute atomic E-state index is 12.9. The van der Waals surface area contributed by atoms with Crippen LogP contribution in [-0.4, -0.2) is 40.4 Å². The number of thioether (sulfide) groups is 1. The molecule has 0 radical (unpaired) electrons. The van der Waals surface area contributed by atoms with E-state index in [1.54, 1.807) is 43.2 Å². The van der Waals surface area contributed by atoms with Crippen LogP contribution in [0, 0.1) is 0 Å². The van der Waals surface area contributed by atoms with E-state index in [0.717, 1.165) is 42.6 Å². The van der Waals surface area contributed by atoms with Gasteiger partial charge in [0, 0.05) is 41.3 Å². The van der Waals surface area contributed by atoms with Crippen LogP contribution in [0.4, 0.5) is 5.69 Å². The zero-order valence-electron chi connectivity index (χ0n) is 18.7. The van der Waals surface area contributed by atoms with E-state index in [0.29, 0.717) is 28.8 Å². The van der Waals surface area contributed by atoms with Crippen LogP contribution in [0.2, 0.25) is 0 Å². The summed E-state index contributed by atoms with van der Waals surface area (Å²) in [5, 5.41) is 3.51. The highest BCUT2D eigenvalue weighted by Crippen LogP contribution is 2.29. The molecule has 0 spiro atoms. The van der Waals surface area contributed by atoms with E-state index in [4.69, 9.17) is 9.47 Å². The van der Waals surface area contributed by atoms with Crippen LogP contribution in [0.25, 0.3) is 0 Å². The third-order valence-corrected chi connectivity index (χ3v) is 6.49. The van der Waals surface area contributed by atoms with Crippen molar-refractivity contribution in [1.82, 2.24) is 14.5 Å². The van der Waals surface area contributed by atoms with Gasteiger partial charge in [-0.15, -0.1) is 0 Å². The maximum Gasteiger partial charge on any atom is 0.349 e. The average molecular weight is 467 g/mol. The molecule has 0 saturated heterocycles. The van der Waals surface area contributed by atoms with Crippen LogP contribution in [0.5, 0.6) is 11.5 Å². The monoisotopic (exact) mass is 466 g/mol. The molecule has 1 N–H and O–H groups in total. The number of ether oxygens (including phenoxy) is 2. The van der Waals surface area contributed by atoms with Crippen molar-refractivity contribution >= 4 is 23.4 Å². The number of hydrogen-bond donors (Lipinski definition) is 1. The first-order valence-electron chi connectivity index (χ1n) is 10.8. The smallest absolute Gasteiger partial charge is 0.349 e. The minimum atomic E-state index is -0.304. The number of aromatic nitrogens is 3. The first kappa shape index (κ1) is 22.8. The third kappa shape index (κ3) is 5.54. The molecule has 0 atom stereocenters. The van der Waals surface area contributed by atoms with E-state index in [9.17, 15) is 9.59 Å². The zero-order valence-corrected chi connectivity index (χ0v) is 19.5. The number of anilines is 1. The van der Waals surface area contributed by atoms with Crippen LogP contribution in [0.3, 0.4) is 0 Å². The van der Waals surface area contributed by atoms with Crippen LogP contribution >= 0.6 is 11.8 Å². The van der Waals surface area contributed by atoms with Crippen molar-refractivity contribution in [3.8, 4) is 11.5 Å². The van der Waals surface area contributed by atoms with Gasteiger partial charge in [0.2, 0.25) is 5.91 Å². The zero-order chi connectivity index (χ0) is 23.2. The Morgan fingerprint density at radius 3 is 2.58 bits per heavy atom. The van der Waals surface area contributed by atoms with Gasteiger partial charge in [-0.1, -0.05) is 17.8 Å². The Kier molecular flexibility index (Phi) is 7.29. The van der Waals surface area contributed by atoms with Crippen molar-refractivity contribution in [3.05, 3.63) is 70.0 Å². The van der Waals surface area contributed by atoms with Gasteiger partial charge >= 0.3 is 5.69 Å². The molecule has 1 aromatic carbocycles. The second-order valence-electron chi connectivity index (χ2n) is 7.68. The Labute approximate surface area is 196 Å². The predicted molar refractivity (Wildman–Crippen MR) is 127 cm³/mol. The number of carbonyl (C=O) groups is 1. The summed E-state index contributed by atoms with van der Waals surface area (Å²) in [6, 6.07) is 10.9. The highest BCUT2D eigenvalue weighted by Gasteiger charge is 2.21. The molecule has 0 saturated carbocycles. The van der Waals surface area contributed by atoms with Gasteiger partial charge in [0.05, 0.1) is 32.2 Å². The number of rotatable bonds is 8. The molecule has 33 heavy (non-hydrogen) atoms. The molecule has 1 aliphatic carbocycles. The molecule has 8 nitrogen and oxygen atoms in total. The first-order chi connectivity index (χ1) is 16.1. The summed E-state index contributed by atoms with van der Waals surface area (Å²) in [5.74, 6) is 1.12. The molecule has 4 rings (SSSR count). The summed E-state index contributed by atoms with van der Waals surface area (Å²) >= 11 is 1.30. The second-order valence-corrected chi connectivity index (χ2v) is 8.64. The van der Waals surface area contributed by atoms with Crippen molar-refractivity contribution in [2.24, 2.45) is 0 Å². The Bertz CT molecular complexity index is 1170. The lowest BCUT2D eigenvalue weighted by molar-refractivity contribution is -0.113. The molecule has 0 aliphatic heterocycles. The van der Waals surface area contributed by atoms with Crippen LogP contribution < -0.4 is 20.5 Å². The highest BCUT2D eigenvalue weighted by molar-refractivity contribution is 8.00. The summed E-state index contributed by atoms with van der Waals surface area (Å²) in [4.78, 5) is 34.2. The Balaban J connectivity index is 1.51. The van der Waals surface area contributed by atoms with Crippen molar-refractivity contribution in [2.45, 2.75) is 37.3 Å². The molecule has 0 unspecified atom stereocenters. The van der Waals surface area contributed by atoms with E-state index in [1.807, 2.05) is 18.2 Å². The van der Waals surface area contributed by atoms with Crippen LogP contribution in [-0.2, 0) is 24.2 Å². The Morgan fingerprint density at radius 1 is 1.12 bits per heavy atom. The number of hydrogen-bond acceptors (Lipinski definition) is 7. The molecule has 2 heterocycles. The van der Waals surface area contributed by atoms with Crippen molar-refractivity contribution in [3.63, 3.8) is 0 Å². The van der Waals surface area contributed by atoms with E-state index in [-0.39, 0.29) is 17.3 Å².